The lowest BCUT2D eigenvalue weighted by Gasteiger charge is -2.27. The van der Waals surface area contributed by atoms with E-state index in [0.717, 1.165) is 0 Å². The Morgan fingerprint density at radius 2 is 1.65 bits per heavy atom. The van der Waals surface area contributed by atoms with Gasteiger partial charge in [0.25, 0.3) is 0 Å². The van der Waals surface area contributed by atoms with E-state index in [0.29, 0.717) is 6.04 Å². The molecule has 1 fully saturated rings. The third-order valence-electron chi connectivity index (χ3n) is 3.64. The molecular formula is C14H27NO2. The Bertz CT molecular complexity index is 220. The topological polar surface area (TPSA) is 38.3 Å². The van der Waals surface area contributed by atoms with Gasteiger partial charge in [-0.3, -0.25) is 4.79 Å². The molecule has 0 aromatic rings. The molecule has 0 aliphatic heterocycles. The molecule has 1 N–H and O–H groups in total. The normalized spacial score (nSPS) is 20.7. The molecule has 1 atom stereocenters. The van der Waals surface area contributed by atoms with E-state index in [1.165, 1.54) is 52.1 Å². The van der Waals surface area contributed by atoms with E-state index in [-0.39, 0.29) is 17.9 Å². The summed E-state index contributed by atoms with van der Waals surface area (Å²) in [6, 6.07) is 0.339. The van der Waals surface area contributed by atoms with Crippen molar-refractivity contribution in [1.82, 2.24) is 5.32 Å². The molecule has 1 rings (SSSR count). The van der Waals surface area contributed by atoms with Crippen LogP contribution in [0.5, 0.6) is 0 Å². The van der Waals surface area contributed by atoms with Gasteiger partial charge in [0, 0.05) is 6.04 Å². The van der Waals surface area contributed by atoms with Gasteiger partial charge in [-0.2, -0.15) is 0 Å². The molecule has 3 heteroatoms. The first kappa shape index (κ1) is 14.5. The second-order valence-corrected chi connectivity index (χ2v) is 5.45. The number of ether oxygens (including phenoxy) is 1. The Hall–Kier alpha value is -0.570. The van der Waals surface area contributed by atoms with Gasteiger partial charge in [-0.25, -0.2) is 0 Å². The molecule has 17 heavy (non-hydrogen) atoms. The number of nitrogens with one attached hydrogen (secondary N) is 1. The summed E-state index contributed by atoms with van der Waals surface area (Å²) in [4.78, 5) is 11.7. The van der Waals surface area contributed by atoms with E-state index < -0.39 is 0 Å². The second kappa shape index (κ2) is 7.70. The monoisotopic (exact) mass is 241 g/mol. The standard InChI is InChI=1S/C14H27NO2/c1-11(2)13(14(16)17-3)15-12-9-7-5-4-6-8-10-12/h11-13,15H,4-10H2,1-3H3/t13-/m0/s1. The number of hydrogen-bond donors (Lipinski definition) is 1. The van der Waals surface area contributed by atoms with E-state index in [4.69, 9.17) is 4.74 Å². The zero-order valence-electron chi connectivity index (χ0n) is 11.5. The highest BCUT2D eigenvalue weighted by Gasteiger charge is 2.25. The average Bonchev–Trinajstić information content (AvgIpc) is 2.26. The Balaban J connectivity index is 2.49. The summed E-state index contributed by atoms with van der Waals surface area (Å²) in [6.07, 6.45) is 9.00. The quantitative estimate of drug-likeness (QED) is 0.769. The number of methoxy groups -OCH3 is 1. The highest BCUT2D eigenvalue weighted by Crippen LogP contribution is 2.18. The Kier molecular flexibility index (Phi) is 6.56. The minimum absolute atomic E-state index is 0.123. The van der Waals surface area contributed by atoms with Gasteiger partial charge in [0.1, 0.15) is 6.04 Å². The number of esters is 1. The number of carbonyl (C=O) groups is 1. The fourth-order valence-corrected chi connectivity index (χ4v) is 2.54. The van der Waals surface area contributed by atoms with E-state index in [1.807, 2.05) is 0 Å². The lowest BCUT2D eigenvalue weighted by atomic mass is 9.94. The molecule has 1 saturated carbocycles. The maximum Gasteiger partial charge on any atom is 0.323 e. The van der Waals surface area contributed by atoms with Gasteiger partial charge >= 0.3 is 5.97 Å². The van der Waals surface area contributed by atoms with Crippen molar-refractivity contribution in [2.24, 2.45) is 5.92 Å². The van der Waals surface area contributed by atoms with Crippen LogP contribution in [0.2, 0.25) is 0 Å². The van der Waals surface area contributed by atoms with E-state index in [1.54, 1.807) is 0 Å². The van der Waals surface area contributed by atoms with Crippen molar-refractivity contribution < 1.29 is 9.53 Å². The molecule has 0 heterocycles. The zero-order chi connectivity index (χ0) is 12.7. The average molecular weight is 241 g/mol. The Morgan fingerprint density at radius 1 is 1.12 bits per heavy atom. The zero-order valence-corrected chi connectivity index (χ0v) is 11.5. The van der Waals surface area contributed by atoms with Crippen molar-refractivity contribution >= 4 is 5.97 Å². The molecule has 100 valence electrons. The second-order valence-electron chi connectivity index (χ2n) is 5.45. The van der Waals surface area contributed by atoms with Gasteiger partial charge in [-0.1, -0.05) is 46.0 Å². The molecule has 0 radical (unpaired) electrons. The van der Waals surface area contributed by atoms with Gasteiger partial charge in [-0.05, 0) is 18.8 Å². The van der Waals surface area contributed by atoms with Crippen molar-refractivity contribution in [3.05, 3.63) is 0 Å². The van der Waals surface area contributed by atoms with Crippen molar-refractivity contribution in [3.63, 3.8) is 0 Å². The third-order valence-corrected chi connectivity index (χ3v) is 3.64. The molecule has 0 aromatic carbocycles. The van der Waals surface area contributed by atoms with Gasteiger partial charge in [0.05, 0.1) is 7.11 Å². The fourth-order valence-electron chi connectivity index (χ4n) is 2.54. The van der Waals surface area contributed by atoms with Crippen molar-refractivity contribution in [1.29, 1.82) is 0 Å². The smallest absolute Gasteiger partial charge is 0.323 e. The first-order valence-corrected chi connectivity index (χ1v) is 6.99. The fraction of sp³-hybridized carbons (Fsp3) is 0.929. The summed E-state index contributed by atoms with van der Waals surface area (Å²) in [6.45, 7) is 4.13. The van der Waals surface area contributed by atoms with Crippen molar-refractivity contribution in [2.75, 3.05) is 7.11 Å². The molecule has 1 aliphatic carbocycles. The molecule has 0 amide bonds. The van der Waals surface area contributed by atoms with Crippen LogP contribution < -0.4 is 5.32 Å². The number of rotatable bonds is 4. The summed E-state index contributed by atoms with van der Waals surface area (Å²) in [5.74, 6) is 0.162. The molecule has 1 aliphatic rings. The maximum absolute atomic E-state index is 11.7. The van der Waals surface area contributed by atoms with E-state index in [9.17, 15) is 4.79 Å². The van der Waals surface area contributed by atoms with Gasteiger partial charge in [0.2, 0.25) is 0 Å². The predicted molar refractivity (Wildman–Crippen MR) is 69.9 cm³/mol. The van der Waals surface area contributed by atoms with Crippen LogP contribution in [0, 0.1) is 5.92 Å². The Labute approximate surface area is 105 Å². The lowest BCUT2D eigenvalue weighted by molar-refractivity contribution is -0.144. The van der Waals surface area contributed by atoms with Gasteiger partial charge < -0.3 is 10.1 Å². The first-order valence-electron chi connectivity index (χ1n) is 6.99. The third kappa shape index (κ3) is 5.07. The summed E-state index contributed by atoms with van der Waals surface area (Å²) < 4.78 is 4.87. The molecule has 0 aromatic heterocycles. The van der Waals surface area contributed by atoms with Crippen LogP contribution in [0.3, 0.4) is 0 Å². The highest BCUT2D eigenvalue weighted by atomic mass is 16.5. The van der Waals surface area contributed by atoms with Crippen LogP contribution in [0.1, 0.15) is 58.8 Å². The van der Waals surface area contributed by atoms with Crippen molar-refractivity contribution in [3.8, 4) is 0 Å². The summed E-state index contributed by atoms with van der Waals surface area (Å²) >= 11 is 0. The predicted octanol–water partition coefficient (Wildman–Crippen LogP) is 2.89. The molecule has 0 bridgehead atoms. The lowest BCUT2D eigenvalue weighted by Crippen LogP contribution is -2.47. The largest absolute Gasteiger partial charge is 0.468 e. The molecule has 0 saturated heterocycles. The van der Waals surface area contributed by atoms with Crippen molar-refractivity contribution in [2.45, 2.75) is 70.9 Å². The van der Waals surface area contributed by atoms with Crippen LogP contribution in [0.25, 0.3) is 0 Å². The van der Waals surface area contributed by atoms with Crippen LogP contribution in [-0.4, -0.2) is 25.2 Å². The van der Waals surface area contributed by atoms with Crippen LogP contribution in [0.15, 0.2) is 0 Å². The van der Waals surface area contributed by atoms with Crippen LogP contribution in [-0.2, 0) is 9.53 Å². The Morgan fingerprint density at radius 3 is 2.12 bits per heavy atom. The molecular weight excluding hydrogens is 214 g/mol. The summed E-state index contributed by atoms with van der Waals surface area (Å²) in [5, 5.41) is 3.50. The van der Waals surface area contributed by atoms with Gasteiger partial charge in [0.15, 0.2) is 0 Å². The summed E-state index contributed by atoms with van der Waals surface area (Å²) in [7, 11) is 1.47. The molecule has 0 spiro atoms. The molecule has 3 nitrogen and oxygen atoms in total. The van der Waals surface area contributed by atoms with Gasteiger partial charge in [-0.15, -0.1) is 0 Å². The molecule has 0 unspecified atom stereocenters. The first-order chi connectivity index (χ1) is 8.15. The van der Waals surface area contributed by atoms with E-state index in [2.05, 4.69) is 19.2 Å². The van der Waals surface area contributed by atoms with Crippen LogP contribution in [0.4, 0.5) is 0 Å². The SMILES string of the molecule is COC(=O)[C@@H](NC1CCCCCCC1)C(C)C. The van der Waals surface area contributed by atoms with Crippen LogP contribution >= 0.6 is 0 Å². The number of carbonyl (C=O) groups excluding carboxylic acids is 1. The summed E-state index contributed by atoms with van der Waals surface area (Å²) in [5.41, 5.74) is 0. The minimum atomic E-state index is -0.149. The maximum atomic E-state index is 11.7. The highest BCUT2D eigenvalue weighted by molar-refractivity contribution is 5.75. The van der Waals surface area contributed by atoms with E-state index >= 15 is 0 Å². The number of hydrogen-bond acceptors (Lipinski definition) is 3. The minimum Gasteiger partial charge on any atom is -0.468 e.